The summed E-state index contributed by atoms with van der Waals surface area (Å²) >= 11 is 0. The molecule has 0 bridgehead atoms. The number of rotatable bonds is 20. The van der Waals surface area contributed by atoms with Gasteiger partial charge in [-0.2, -0.15) is 0 Å². The van der Waals surface area contributed by atoms with Gasteiger partial charge in [-0.1, -0.05) is 47.6 Å². The van der Waals surface area contributed by atoms with Crippen LogP contribution in [-0.4, -0.2) is 84.5 Å². The van der Waals surface area contributed by atoms with Gasteiger partial charge in [-0.15, -0.1) is 0 Å². The predicted molar refractivity (Wildman–Crippen MR) is 178 cm³/mol. The van der Waals surface area contributed by atoms with Crippen LogP contribution in [0.4, 0.5) is 10.5 Å². The van der Waals surface area contributed by atoms with E-state index in [9.17, 15) is 33.6 Å². The van der Waals surface area contributed by atoms with E-state index >= 15 is 0 Å². The third-order valence-electron chi connectivity index (χ3n) is 7.04. The zero-order valence-corrected chi connectivity index (χ0v) is 28.7. The van der Waals surface area contributed by atoms with Crippen molar-refractivity contribution in [2.24, 2.45) is 17.6 Å². The summed E-state index contributed by atoms with van der Waals surface area (Å²) in [7, 11) is 1.43. The number of carboxylic acids is 1. The molecule has 0 radical (unpaired) electrons. The van der Waals surface area contributed by atoms with Crippen LogP contribution in [0, 0.1) is 11.8 Å². The number of urea groups is 1. The highest BCUT2D eigenvalue weighted by molar-refractivity contribution is 6.01. The van der Waals surface area contributed by atoms with E-state index in [1.165, 1.54) is 25.2 Å². The number of carboxylic acid groups (broad SMARTS) is 1. The van der Waals surface area contributed by atoms with Gasteiger partial charge in [-0.25, -0.2) is 4.79 Å². The average molecular weight is 678 g/mol. The van der Waals surface area contributed by atoms with Crippen molar-refractivity contribution in [2.45, 2.75) is 98.0 Å². The first-order valence-electron chi connectivity index (χ1n) is 15.9. The number of nitrogens with one attached hydrogen (secondary N) is 6. The van der Waals surface area contributed by atoms with Crippen LogP contribution in [0.1, 0.15) is 83.1 Å². The lowest BCUT2D eigenvalue weighted by atomic mass is 10.0. The van der Waals surface area contributed by atoms with Crippen LogP contribution in [0.2, 0.25) is 0 Å². The number of benzene rings is 1. The zero-order chi connectivity index (χ0) is 36.6. The Morgan fingerprint density at radius 3 is 2.08 bits per heavy atom. The van der Waals surface area contributed by atoms with Gasteiger partial charge >= 0.3 is 18.0 Å². The van der Waals surface area contributed by atoms with Crippen molar-refractivity contribution in [2.75, 3.05) is 18.9 Å². The van der Waals surface area contributed by atoms with E-state index in [0.29, 0.717) is 5.56 Å². The molecule has 1 aromatic rings. The summed E-state index contributed by atoms with van der Waals surface area (Å²) in [5.74, 6) is -4.63. The molecule has 0 heterocycles. The average Bonchev–Trinajstić information content (AvgIpc) is 3.00. The number of hydrogen-bond donors (Lipinski definition) is 8. The van der Waals surface area contributed by atoms with Gasteiger partial charge in [0.25, 0.3) is 5.91 Å². The summed E-state index contributed by atoms with van der Waals surface area (Å²) in [5.41, 5.74) is 5.94. The van der Waals surface area contributed by atoms with Crippen LogP contribution in [0.25, 0.3) is 0 Å². The van der Waals surface area contributed by atoms with Crippen LogP contribution < -0.4 is 37.6 Å². The summed E-state index contributed by atoms with van der Waals surface area (Å²) in [5, 5.41) is 25.1. The lowest BCUT2D eigenvalue weighted by Gasteiger charge is -2.28. The molecular formula is C32H51N7O9. The monoisotopic (exact) mass is 677 g/mol. The molecule has 0 fully saturated rings. The highest BCUT2D eigenvalue weighted by Crippen LogP contribution is 2.19. The first-order chi connectivity index (χ1) is 22.5. The van der Waals surface area contributed by atoms with Crippen molar-refractivity contribution in [1.29, 1.82) is 0 Å². The summed E-state index contributed by atoms with van der Waals surface area (Å²) in [6.45, 7) is 10.3. The second kappa shape index (κ2) is 20.5. The Morgan fingerprint density at radius 2 is 1.54 bits per heavy atom. The number of hydrogen-bond acceptors (Lipinski definition) is 9. The Balaban J connectivity index is 3.25. The second-order valence-electron chi connectivity index (χ2n) is 12.2. The van der Waals surface area contributed by atoms with Gasteiger partial charge in [0, 0.05) is 42.9 Å². The number of amides is 6. The summed E-state index contributed by atoms with van der Waals surface area (Å²) in [6.07, 6.45) is 0.0574. The van der Waals surface area contributed by atoms with E-state index in [1.807, 2.05) is 0 Å². The van der Waals surface area contributed by atoms with E-state index in [4.69, 9.17) is 15.6 Å². The van der Waals surface area contributed by atoms with E-state index in [1.54, 1.807) is 41.5 Å². The molecule has 16 heteroatoms. The fourth-order valence-corrected chi connectivity index (χ4v) is 4.47. The molecule has 0 spiro atoms. The molecule has 6 amide bonds. The maximum absolute atomic E-state index is 13.5. The van der Waals surface area contributed by atoms with E-state index < -0.39 is 65.6 Å². The Bertz CT molecular complexity index is 1300. The quantitative estimate of drug-likeness (QED) is 0.0718. The van der Waals surface area contributed by atoms with Crippen LogP contribution in [0.15, 0.2) is 18.2 Å². The molecular weight excluding hydrogens is 626 g/mol. The largest absolute Gasteiger partial charge is 0.481 e. The standard InChI is InChI=1S/C32H51N7O9/c1-17(2)26(39-29(44)24(36-19(5)6)12-13-25(40)41)30(45)38-23(9-8-14-35-32(33)47)28(43)37-21-11-10-20(16-48-31(46)18(3)4)22(15-21)27(42)34-7/h10-11,15,17-19,23-24,26,36H,8-9,12-14,16H2,1-7H3,(H,34,42)(H,37,43)(H,38,45)(H,39,44)(H,40,41)(H3,33,35,47)/t23-,24-,26-/m0/s1. The first kappa shape index (κ1) is 41.3. The van der Waals surface area contributed by atoms with Gasteiger partial charge < -0.3 is 47.5 Å². The normalized spacial score (nSPS) is 12.9. The Kier molecular flexibility index (Phi) is 17.6. The lowest BCUT2D eigenvalue weighted by molar-refractivity contribution is -0.148. The topological polar surface area (TPSA) is 247 Å². The van der Waals surface area contributed by atoms with Crippen LogP contribution >= 0.6 is 0 Å². The molecule has 48 heavy (non-hydrogen) atoms. The van der Waals surface area contributed by atoms with Crippen molar-refractivity contribution < 1.29 is 43.4 Å². The lowest BCUT2D eigenvalue weighted by Crippen LogP contribution is -2.58. The molecule has 9 N–H and O–H groups in total. The van der Waals surface area contributed by atoms with Gasteiger partial charge in [0.2, 0.25) is 17.7 Å². The van der Waals surface area contributed by atoms with Crippen molar-refractivity contribution in [3.8, 4) is 0 Å². The molecule has 0 aliphatic rings. The maximum atomic E-state index is 13.5. The van der Waals surface area contributed by atoms with E-state index in [0.717, 1.165) is 0 Å². The number of nitrogens with two attached hydrogens (primary N) is 1. The van der Waals surface area contributed by atoms with E-state index in [2.05, 4.69) is 31.9 Å². The highest BCUT2D eigenvalue weighted by atomic mass is 16.5. The van der Waals surface area contributed by atoms with Gasteiger partial charge in [0.1, 0.15) is 18.7 Å². The van der Waals surface area contributed by atoms with Gasteiger partial charge in [-0.3, -0.25) is 28.8 Å². The fourth-order valence-electron chi connectivity index (χ4n) is 4.47. The van der Waals surface area contributed by atoms with Gasteiger partial charge in [0.15, 0.2) is 0 Å². The molecule has 1 rings (SSSR count). The Hall–Kier alpha value is -4.73. The molecule has 16 nitrogen and oxygen atoms in total. The van der Waals surface area contributed by atoms with Gasteiger partial charge in [0.05, 0.1) is 12.0 Å². The van der Waals surface area contributed by atoms with Crippen LogP contribution in [0.5, 0.6) is 0 Å². The second-order valence-corrected chi connectivity index (χ2v) is 12.2. The number of anilines is 1. The first-order valence-corrected chi connectivity index (χ1v) is 15.9. The number of carbonyl (C=O) groups excluding carboxylic acids is 6. The van der Waals surface area contributed by atoms with Gasteiger partial charge in [-0.05, 0) is 37.3 Å². The maximum Gasteiger partial charge on any atom is 0.312 e. The van der Waals surface area contributed by atoms with E-state index in [-0.39, 0.29) is 62.0 Å². The highest BCUT2D eigenvalue weighted by Gasteiger charge is 2.31. The van der Waals surface area contributed by atoms with Crippen LogP contribution in [0.3, 0.4) is 0 Å². The molecule has 268 valence electrons. The summed E-state index contributed by atoms with van der Waals surface area (Å²) in [6, 6.07) is 0.481. The third kappa shape index (κ3) is 14.8. The molecule has 0 aromatic heterocycles. The summed E-state index contributed by atoms with van der Waals surface area (Å²) < 4.78 is 5.27. The van der Waals surface area contributed by atoms with Crippen molar-refractivity contribution in [1.82, 2.24) is 26.6 Å². The molecule has 3 atom stereocenters. The van der Waals surface area contributed by atoms with Crippen molar-refractivity contribution in [3.63, 3.8) is 0 Å². The smallest absolute Gasteiger partial charge is 0.312 e. The summed E-state index contributed by atoms with van der Waals surface area (Å²) in [4.78, 5) is 87.1. The predicted octanol–water partition coefficient (Wildman–Crippen LogP) is 0.989. The minimum Gasteiger partial charge on any atom is -0.481 e. The fraction of sp³-hybridized carbons (Fsp3) is 0.594. The Labute approximate surface area is 281 Å². The molecule has 1 aromatic carbocycles. The number of primary amides is 1. The number of carbonyl (C=O) groups is 7. The zero-order valence-electron chi connectivity index (χ0n) is 28.7. The molecule has 0 aliphatic carbocycles. The Morgan fingerprint density at radius 1 is 0.875 bits per heavy atom. The molecule has 0 aliphatic heterocycles. The van der Waals surface area contributed by atoms with Crippen LogP contribution in [-0.2, 0) is 35.3 Å². The molecule has 0 saturated heterocycles. The number of ether oxygens (including phenoxy) is 1. The van der Waals surface area contributed by atoms with Crippen molar-refractivity contribution >= 4 is 47.3 Å². The third-order valence-corrected chi connectivity index (χ3v) is 7.04. The number of esters is 1. The number of aliphatic carboxylic acids is 1. The molecule has 0 unspecified atom stereocenters. The SMILES string of the molecule is CNC(=O)c1cc(NC(=O)[C@H](CCCNC(N)=O)NC(=O)[C@@H](NC(=O)[C@H](CCC(=O)O)NC(C)C)C(C)C)ccc1COC(=O)C(C)C. The molecule has 0 saturated carbocycles. The minimum absolute atomic E-state index is 0.000661. The minimum atomic E-state index is -1.14. The van der Waals surface area contributed by atoms with Crippen molar-refractivity contribution in [3.05, 3.63) is 29.3 Å².